The zero-order valence-corrected chi connectivity index (χ0v) is 21.5. The maximum absolute atomic E-state index is 13.9. The number of anilines is 1. The number of nitrogens with zero attached hydrogens (tertiary/aromatic N) is 5. The van der Waals surface area contributed by atoms with Crippen LogP contribution < -0.4 is 14.4 Å². The highest BCUT2D eigenvalue weighted by Gasteiger charge is 2.28. The average Bonchev–Trinajstić information content (AvgIpc) is 2.91. The van der Waals surface area contributed by atoms with Gasteiger partial charge in [0.05, 0.1) is 31.3 Å². The fraction of sp³-hybridized carbons (Fsp3) is 0.393. The zero-order chi connectivity index (χ0) is 25.9. The molecular formula is C28H32FN5O3. The fourth-order valence-corrected chi connectivity index (χ4v) is 4.64. The third-order valence-corrected chi connectivity index (χ3v) is 7.01. The number of hydrogen-bond donors (Lipinski definition) is 0. The van der Waals surface area contributed by atoms with E-state index in [1.165, 1.54) is 6.07 Å². The van der Waals surface area contributed by atoms with Gasteiger partial charge in [0.25, 0.3) is 0 Å². The molecule has 0 N–H and O–H groups in total. The lowest BCUT2D eigenvalue weighted by atomic mass is 10.0. The predicted molar refractivity (Wildman–Crippen MR) is 139 cm³/mol. The van der Waals surface area contributed by atoms with Crippen LogP contribution in [0.2, 0.25) is 0 Å². The molecule has 1 fully saturated rings. The van der Waals surface area contributed by atoms with Crippen molar-refractivity contribution in [2.45, 2.75) is 26.3 Å². The van der Waals surface area contributed by atoms with E-state index in [1.807, 2.05) is 29.2 Å². The Bertz CT molecular complexity index is 1280. The van der Waals surface area contributed by atoms with Crippen LogP contribution >= 0.6 is 0 Å². The van der Waals surface area contributed by atoms with E-state index in [9.17, 15) is 9.18 Å². The molecule has 3 aromatic rings. The molecule has 0 bridgehead atoms. The number of rotatable bonds is 6. The van der Waals surface area contributed by atoms with Crippen molar-refractivity contribution in [2.75, 3.05) is 51.8 Å². The first-order chi connectivity index (χ1) is 17.9. The van der Waals surface area contributed by atoms with E-state index in [0.717, 1.165) is 48.7 Å². The first kappa shape index (κ1) is 25.0. The van der Waals surface area contributed by atoms with E-state index >= 15 is 0 Å². The summed E-state index contributed by atoms with van der Waals surface area (Å²) in [6.45, 7) is 6.17. The molecule has 0 aliphatic carbocycles. The van der Waals surface area contributed by atoms with Crippen molar-refractivity contribution in [1.29, 1.82) is 0 Å². The summed E-state index contributed by atoms with van der Waals surface area (Å²) in [5.74, 6) is 2.07. The van der Waals surface area contributed by atoms with Crippen LogP contribution in [0.5, 0.6) is 17.4 Å². The van der Waals surface area contributed by atoms with Gasteiger partial charge in [-0.05, 0) is 55.4 Å². The second-order valence-corrected chi connectivity index (χ2v) is 9.65. The molecule has 2 aliphatic heterocycles. The standard InChI is InChI=1S/C28H32FN5O3/c1-19-16-22(8-9-24(19)29)37-27-23-18-34(26(35)17-20-4-6-21(36-3)7-5-20)11-10-25(23)30-28(31-27)33-14-12-32(2)13-15-33/h4-9,16H,10-15,17-18H2,1-3H3. The average molecular weight is 506 g/mol. The van der Waals surface area contributed by atoms with Crippen LogP contribution in [0.1, 0.15) is 22.4 Å². The Morgan fingerprint density at radius 1 is 1.00 bits per heavy atom. The molecule has 1 aromatic heterocycles. The van der Waals surface area contributed by atoms with Gasteiger partial charge in [0.15, 0.2) is 0 Å². The lowest BCUT2D eigenvalue weighted by molar-refractivity contribution is -0.131. The maximum atomic E-state index is 13.9. The number of amides is 1. The van der Waals surface area contributed by atoms with Gasteiger partial charge in [0, 0.05) is 39.1 Å². The predicted octanol–water partition coefficient (Wildman–Crippen LogP) is 3.60. The number of likely N-dealkylation sites (N-methyl/N-ethyl adjacent to an activating group) is 1. The number of fused-ring (bicyclic) bond motifs is 1. The number of hydrogen-bond acceptors (Lipinski definition) is 7. The van der Waals surface area contributed by atoms with Crippen LogP contribution in [0, 0.1) is 12.7 Å². The van der Waals surface area contributed by atoms with Gasteiger partial charge >= 0.3 is 0 Å². The molecular weight excluding hydrogens is 473 g/mol. The molecule has 2 aromatic carbocycles. The number of piperazine rings is 1. The highest BCUT2D eigenvalue weighted by atomic mass is 19.1. The number of carbonyl (C=O) groups excluding carboxylic acids is 1. The smallest absolute Gasteiger partial charge is 0.229 e. The number of ether oxygens (including phenoxy) is 2. The Balaban J connectivity index is 1.41. The third kappa shape index (κ3) is 5.67. The molecule has 5 rings (SSSR count). The minimum absolute atomic E-state index is 0.0301. The van der Waals surface area contributed by atoms with Gasteiger partial charge < -0.3 is 24.2 Å². The van der Waals surface area contributed by atoms with Crippen molar-refractivity contribution >= 4 is 11.9 Å². The Kier molecular flexibility index (Phi) is 7.23. The van der Waals surface area contributed by atoms with Gasteiger partial charge in [-0.2, -0.15) is 4.98 Å². The lowest BCUT2D eigenvalue weighted by Crippen LogP contribution is -2.45. The molecule has 0 radical (unpaired) electrons. The monoisotopic (exact) mass is 505 g/mol. The van der Waals surface area contributed by atoms with Crippen LogP contribution in [0.15, 0.2) is 42.5 Å². The lowest BCUT2D eigenvalue weighted by Gasteiger charge is -2.34. The molecule has 8 nitrogen and oxygen atoms in total. The van der Waals surface area contributed by atoms with Gasteiger partial charge in [-0.1, -0.05) is 12.1 Å². The summed E-state index contributed by atoms with van der Waals surface area (Å²) < 4.78 is 25.3. The quantitative estimate of drug-likeness (QED) is 0.507. The first-order valence-electron chi connectivity index (χ1n) is 12.6. The van der Waals surface area contributed by atoms with Crippen LogP contribution in [0.25, 0.3) is 0 Å². The minimum atomic E-state index is -0.287. The van der Waals surface area contributed by atoms with Crippen LogP contribution in [-0.2, 0) is 24.2 Å². The fourth-order valence-electron chi connectivity index (χ4n) is 4.64. The van der Waals surface area contributed by atoms with E-state index < -0.39 is 0 Å². The van der Waals surface area contributed by atoms with Gasteiger partial charge in [-0.15, -0.1) is 0 Å². The second kappa shape index (κ2) is 10.7. The van der Waals surface area contributed by atoms with E-state index in [0.29, 0.717) is 49.1 Å². The normalized spacial score (nSPS) is 15.9. The largest absolute Gasteiger partial charge is 0.497 e. The summed E-state index contributed by atoms with van der Waals surface area (Å²) in [5, 5.41) is 0. The number of aromatic nitrogens is 2. The van der Waals surface area contributed by atoms with Crippen LogP contribution in [-0.4, -0.2) is 72.6 Å². The topological polar surface area (TPSA) is 71.0 Å². The van der Waals surface area contributed by atoms with E-state index in [4.69, 9.17) is 19.4 Å². The van der Waals surface area contributed by atoms with Crippen molar-refractivity contribution in [3.05, 3.63) is 70.7 Å². The first-order valence-corrected chi connectivity index (χ1v) is 12.6. The van der Waals surface area contributed by atoms with Crippen LogP contribution in [0.3, 0.4) is 0 Å². The molecule has 37 heavy (non-hydrogen) atoms. The Morgan fingerprint density at radius 2 is 1.73 bits per heavy atom. The van der Waals surface area contributed by atoms with Crippen LogP contribution in [0.4, 0.5) is 10.3 Å². The minimum Gasteiger partial charge on any atom is -0.497 e. The summed E-state index contributed by atoms with van der Waals surface area (Å²) in [6.07, 6.45) is 0.915. The molecule has 3 heterocycles. The molecule has 1 amide bonds. The molecule has 2 aliphatic rings. The second-order valence-electron chi connectivity index (χ2n) is 9.65. The number of aryl methyl sites for hydroxylation is 1. The summed E-state index contributed by atoms with van der Waals surface area (Å²) in [4.78, 5) is 29.2. The Morgan fingerprint density at radius 3 is 2.43 bits per heavy atom. The van der Waals surface area contributed by atoms with E-state index in [1.54, 1.807) is 26.2 Å². The Labute approximate surface area is 216 Å². The maximum Gasteiger partial charge on any atom is 0.229 e. The molecule has 9 heteroatoms. The number of carbonyl (C=O) groups is 1. The SMILES string of the molecule is COc1ccc(CC(=O)N2CCc3nc(N4CCN(C)CC4)nc(Oc4ccc(F)c(C)c4)c3C2)cc1. The number of halogens is 1. The van der Waals surface area contributed by atoms with E-state index in [-0.39, 0.29) is 11.7 Å². The van der Waals surface area contributed by atoms with Crippen molar-refractivity contribution in [1.82, 2.24) is 19.8 Å². The van der Waals surface area contributed by atoms with Crippen molar-refractivity contribution in [3.8, 4) is 17.4 Å². The van der Waals surface area contributed by atoms with E-state index in [2.05, 4.69) is 16.8 Å². The number of methoxy groups -OCH3 is 1. The summed E-state index contributed by atoms with van der Waals surface area (Å²) >= 11 is 0. The molecule has 0 unspecified atom stereocenters. The molecule has 194 valence electrons. The van der Waals surface area contributed by atoms with Gasteiger partial charge in [0.1, 0.15) is 17.3 Å². The summed E-state index contributed by atoms with van der Waals surface area (Å²) in [7, 11) is 3.73. The van der Waals surface area contributed by atoms with Crippen molar-refractivity contribution in [2.24, 2.45) is 0 Å². The van der Waals surface area contributed by atoms with Crippen molar-refractivity contribution in [3.63, 3.8) is 0 Å². The molecule has 0 spiro atoms. The highest BCUT2D eigenvalue weighted by Crippen LogP contribution is 2.32. The van der Waals surface area contributed by atoms with Gasteiger partial charge in [-0.3, -0.25) is 4.79 Å². The zero-order valence-electron chi connectivity index (χ0n) is 21.5. The van der Waals surface area contributed by atoms with Crippen molar-refractivity contribution < 1.29 is 18.7 Å². The molecule has 1 saturated heterocycles. The Hall–Kier alpha value is -3.72. The summed E-state index contributed by atoms with van der Waals surface area (Å²) in [6, 6.07) is 12.2. The molecule has 0 saturated carbocycles. The third-order valence-electron chi connectivity index (χ3n) is 7.01. The van der Waals surface area contributed by atoms with Gasteiger partial charge in [0.2, 0.25) is 17.7 Å². The van der Waals surface area contributed by atoms with Gasteiger partial charge in [-0.25, -0.2) is 9.37 Å². The summed E-state index contributed by atoms with van der Waals surface area (Å²) in [5.41, 5.74) is 3.12. The number of benzene rings is 2. The highest BCUT2D eigenvalue weighted by molar-refractivity contribution is 5.79. The molecule has 0 atom stereocenters.